The predicted octanol–water partition coefficient (Wildman–Crippen LogP) is 4.01. The molecule has 0 bridgehead atoms. The SMILES string of the molecule is CC(C)CSc1ccc(C=O)cc1Br. The van der Waals surface area contributed by atoms with Crippen LogP contribution in [0, 0.1) is 5.92 Å². The number of carbonyl (C=O) groups excluding carboxylic acids is 1. The highest BCUT2D eigenvalue weighted by molar-refractivity contribution is 9.10. The van der Waals surface area contributed by atoms with Gasteiger partial charge in [0.1, 0.15) is 6.29 Å². The third kappa shape index (κ3) is 3.46. The Bertz CT molecular complexity index is 323. The smallest absolute Gasteiger partial charge is 0.150 e. The maximum Gasteiger partial charge on any atom is 0.150 e. The molecule has 0 heterocycles. The summed E-state index contributed by atoms with van der Waals surface area (Å²) in [5.41, 5.74) is 0.714. The van der Waals surface area contributed by atoms with E-state index in [2.05, 4.69) is 29.8 Å². The third-order valence-corrected chi connectivity index (χ3v) is 4.08. The Hall–Kier alpha value is -0.280. The van der Waals surface area contributed by atoms with Gasteiger partial charge in [-0.25, -0.2) is 0 Å². The maximum atomic E-state index is 10.5. The minimum absolute atomic E-state index is 0.678. The molecule has 1 nitrogen and oxygen atoms in total. The van der Waals surface area contributed by atoms with Gasteiger partial charge in [0, 0.05) is 20.7 Å². The lowest BCUT2D eigenvalue weighted by Gasteiger charge is -2.06. The second kappa shape index (κ2) is 5.56. The Morgan fingerprint density at radius 2 is 2.21 bits per heavy atom. The normalized spacial score (nSPS) is 10.6. The lowest BCUT2D eigenvalue weighted by Crippen LogP contribution is -1.91. The zero-order valence-corrected chi connectivity index (χ0v) is 10.7. The van der Waals surface area contributed by atoms with Crippen molar-refractivity contribution in [3.05, 3.63) is 28.2 Å². The summed E-state index contributed by atoms with van der Waals surface area (Å²) >= 11 is 5.27. The quantitative estimate of drug-likeness (QED) is 0.609. The van der Waals surface area contributed by atoms with E-state index in [1.165, 1.54) is 4.90 Å². The maximum absolute atomic E-state index is 10.5. The second-order valence-corrected chi connectivity index (χ2v) is 5.43. The van der Waals surface area contributed by atoms with Crippen LogP contribution in [-0.2, 0) is 0 Å². The summed E-state index contributed by atoms with van der Waals surface area (Å²) in [7, 11) is 0. The summed E-state index contributed by atoms with van der Waals surface area (Å²) in [4.78, 5) is 11.7. The van der Waals surface area contributed by atoms with Crippen LogP contribution in [0.4, 0.5) is 0 Å². The van der Waals surface area contributed by atoms with Gasteiger partial charge in [-0.3, -0.25) is 4.79 Å². The van der Waals surface area contributed by atoms with E-state index < -0.39 is 0 Å². The molecule has 0 N–H and O–H groups in total. The molecule has 0 atom stereocenters. The molecule has 0 aliphatic carbocycles. The summed E-state index contributed by atoms with van der Waals surface area (Å²) in [6.45, 7) is 4.39. The van der Waals surface area contributed by atoms with Crippen molar-refractivity contribution in [1.29, 1.82) is 0 Å². The molecule has 0 amide bonds. The van der Waals surface area contributed by atoms with Crippen LogP contribution in [-0.4, -0.2) is 12.0 Å². The van der Waals surface area contributed by atoms with Gasteiger partial charge in [0.15, 0.2) is 0 Å². The van der Waals surface area contributed by atoms with Crippen molar-refractivity contribution in [1.82, 2.24) is 0 Å². The number of halogens is 1. The first-order valence-electron chi connectivity index (χ1n) is 4.51. The third-order valence-electron chi connectivity index (χ3n) is 1.66. The Labute approximate surface area is 97.4 Å². The van der Waals surface area contributed by atoms with Gasteiger partial charge in [0.25, 0.3) is 0 Å². The molecular weight excluding hydrogens is 260 g/mol. The minimum Gasteiger partial charge on any atom is -0.298 e. The molecule has 1 aromatic carbocycles. The van der Waals surface area contributed by atoms with Crippen LogP contribution in [0.25, 0.3) is 0 Å². The predicted molar refractivity (Wildman–Crippen MR) is 65.1 cm³/mol. The fourth-order valence-corrected chi connectivity index (χ4v) is 2.58. The standard InChI is InChI=1S/C11H13BrOS/c1-8(2)7-14-11-4-3-9(6-13)5-10(11)12/h3-6,8H,7H2,1-2H3. The molecule has 0 aliphatic rings. The van der Waals surface area contributed by atoms with Crippen LogP contribution < -0.4 is 0 Å². The highest BCUT2D eigenvalue weighted by Gasteiger charge is 2.03. The van der Waals surface area contributed by atoms with Gasteiger partial charge in [0.05, 0.1) is 0 Å². The Morgan fingerprint density at radius 3 is 2.71 bits per heavy atom. The van der Waals surface area contributed by atoms with Gasteiger partial charge in [-0.15, -0.1) is 11.8 Å². The lowest BCUT2D eigenvalue weighted by atomic mass is 10.2. The van der Waals surface area contributed by atoms with Gasteiger partial charge < -0.3 is 0 Å². The van der Waals surface area contributed by atoms with Gasteiger partial charge in [-0.1, -0.05) is 19.9 Å². The van der Waals surface area contributed by atoms with Crippen LogP contribution in [0.15, 0.2) is 27.6 Å². The van der Waals surface area contributed by atoms with E-state index in [0.717, 1.165) is 16.5 Å². The summed E-state index contributed by atoms with van der Waals surface area (Å²) in [6.07, 6.45) is 0.863. The van der Waals surface area contributed by atoms with E-state index in [-0.39, 0.29) is 0 Å². The zero-order chi connectivity index (χ0) is 10.6. The number of benzene rings is 1. The molecule has 0 spiro atoms. The van der Waals surface area contributed by atoms with Crippen LogP contribution in [0.5, 0.6) is 0 Å². The molecule has 0 unspecified atom stereocenters. The number of thioether (sulfide) groups is 1. The summed E-state index contributed by atoms with van der Waals surface area (Å²) < 4.78 is 1.01. The average molecular weight is 273 g/mol. The van der Waals surface area contributed by atoms with Crippen LogP contribution >= 0.6 is 27.7 Å². The molecule has 1 aromatic rings. The number of hydrogen-bond donors (Lipinski definition) is 0. The molecule has 0 aliphatic heterocycles. The Balaban J connectivity index is 2.73. The monoisotopic (exact) mass is 272 g/mol. The van der Waals surface area contributed by atoms with Gasteiger partial charge in [-0.05, 0) is 34.0 Å². The van der Waals surface area contributed by atoms with Crippen LogP contribution in [0.1, 0.15) is 24.2 Å². The van der Waals surface area contributed by atoms with Crippen molar-refractivity contribution in [3.8, 4) is 0 Å². The Kier molecular flexibility index (Phi) is 4.69. The van der Waals surface area contributed by atoms with E-state index in [1.807, 2.05) is 30.0 Å². The first kappa shape index (κ1) is 11.8. The van der Waals surface area contributed by atoms with Crippen molar-refractivity contribution >= 4 is 34.0 Å². The summed E-state index contributed by atoms with van der Waals surface area (Å²) in [5.74, 6) is 1.77. The van der Waals surface area contributed by atoms with E-state index in [0.29, 0.717) is 11.5 Å². The van der Waals surface area contributed by atoms with Crippen molar-refractivity contribution in [2.75, 3.05) is 5.75 Å². The highest BCUT2D eigenvalue weighted by Crippen LogP contribution is 2.29. The van der Waals surface area contributed by atoms with Crippen molar-refractivity contribution in [2.24, 2.45) is 5.92 Å². The van der Waals surface area contributed by atoms with E-state index in [9.17, 15) is 4.79 Å². The van der Waals surface area contributed by atoms with Gasteiger partial charge in [0.2, 0.25) is 0 Å². The molecule has 76 valence electrons. The van der Waals surface area contributed by atoms with Gasteiger partial charge in [-0.2, -0.15) is 0 Å². The average Bonchev–Trinajstić information content (AvgIpc) is 2.15. The first-order chi connectivity index (χ1) is 6.63. The summed E-state index contributed by atoms with van der Waals surface area (Å²) in [6, 6.07) is 5.69. The van der Waals surface area contributed by atoms with Crippen molar-refractivity contribution < 1.29 is 4.79 Å². The van der Waals surface area contributed by atoms with Crippen LogP contribution in [0.2, 0.25) is 0 Å². The molecule has 0 radical (unpaired) electrons. The van der Waals surface area contributed by atoms with E-state index in [1.54, 1.807) is 0 Å². The number of carbonyl (C=O) groups is 1. The molecule has 0 aromatic heterocycles. The van der Waals surface area contributed by atoms with Crippen molar-refractivity contribution in [3.63, 3.8) is 0 Å². The molecule has 0 saturated carbocycles. The molecule has 14 heavy (non-hydrogen) atoms. The van der Waals surface area contributed by atoms with E-state index >= 15 is 0 Å². The first-order valence-corrected chi connectivity index (χ1v) is 6.29. The lowest BCUT2D eigenvalue weighted by molar-refractivity contribution is 0.112. The molecular formula is C11H13BrOS. The number of aldehydes is 1. The molecule has 0 saturated heterocycles. The van der Waals surface area contributed by atoms with Gasteiger partial charge >= 0.3 is 0 Å². The van der Waals surface area contributed by atoms with E-state index in [4.69, 9.17) is 0 Å². The topological polar surface area (TPSA) is 17.1 Å². The largest absolute Gasteiger partial charge is 0.298 e. The highest BCUT2D eigenvalue weighted by atomic mass is 79.9. The fourth-order valence-electron chi connectivity index (χ4n) is 0.964. The zero-order valence-electron chi connectivity index (χ0n) is 8.29. The number of hydrogen-bond acceptors (Lipinski definition) is 2. The Morgan fingerprint density at radius 1 is 1.50 bits per heavy atom. The van der Waals surface area contributed by atoms with Crippen LogP contribution in [0.3, 0.4) is 0 Å². The minimum atomic E-state index is 0.678. The second-order valence-electron chi connectivity index (χ2n) is 3.51. The summed E-state index contributed by atoms with van der Waals surface area (Å²) in [5, 5.41) is 0. The molecule has 1 rings (SSSR count). The molecule has 3 heteroatoms. The fraction of sp³-hybridized carbons (Fsp3) is 0.364. The van der Waals surface area contributed by atoms with Crippen molar-refractivity contribution in [2.45, 2.75) is 18.7 Å². The molecule has 0 fully saturated rings. The number of rotatable bonds is 4.